The number of urea groups is 1. The molecule has 0 radical (unpaired) electrons. The van der Waals surface area contributed by atoms with Crippen LogP contribution >= 0.6 is 0 Å². The Morgan fingerprint density at radius 1 is 0.914 bits per heavy atom. The number of hydrogen-bond acceptors (Lipinski definition) is 4. The van der Waals surface area contributed by atoms with Gasteiger partial charge in [-0.3, -0.25) is 0 Å². The van der Waals surface area contributed by atoms with Crippen molar-refractivity contribution in [3.8, 4) is 11.4 Å². The summed E-state index contributed by atoms with van der Waals surface area (Å²) in [5, 5.41) is 2.62. The smallest absolute Gasteiger partial charge is 0.356 e. The van der Waals surface area contributed by atoms with E-state index in [1.165, 1.54) is 18.6 Å². The zero-order valence-corrected chi connectivity index (χ0v) is 19.2. The van der Waals surface area contributed by atoms with E-state index in [9.17, 15) is 18.0 Å². The van der Waals surface area contributed by atoms with Crippen molar-refractivity contribution in [2.75, 3.05) is 29.9 Å². The molecule has 0 atom stereocenters. The second-order valence-electron chi connectivity index (χ2n) is 8.89. The highest BCUT2D eigenvalue weighted by Crippen LogP contribution is 2.33. The number of anilines is 2. The van der Waals surface area contributed by atoms with Gasteiger partial charge in [-0.25, -0.2) is 14.8 Å². The number of piperidine rings is 1. The number of aromatic nitrogens is 2. The summed E-state index contributed by atoms with van der Waals surface area (Å²) in [6, 6.07) is 14.1. The van der Waals surface area contributed by atoms with E-state index < -0.39 is 17.8 Å². The van der Waals surface area contributed by atoms with E-state index >= 15 is 0 Å². The van der Waals surface area contributed by atoms with Gasteiger partial charge in [0.05, 0.1) is 17.8 Å². The number of fused-ring (bicyclic) bond motifs is 1. The molecule has 0 unspecified atom stereocenters. The molecule has 2 aliphatic heterocycles. The number of nitrogens with zero attached hydrogens (tertiary/aromatic N) is 4. The van der Waals surface area contributed by atoms with Crippen LogP contribution in [0.3, 0.4) is 0 Å². The number of benzene rings is 2. The Morgan fingerprint density at radius 3 is 2.43 bits per heavy atom. The van der Waals surface area contributed by atoms with Crippen molar-refractivity contribution in [1.29, 1.82) is 0 Å². The molecule has 3 aromatic rings. The minimum Gasteiger partial charge on any atom is -0.356 e. The van der Waals surface area contributed by atoms with Gasteiger partial charge in [0.25, 0.3) is 0 Å². The van der Waals surface area contributed by atoms with E-state index in [1.54, 1.807) is 4.90 Å². The van der Waals surface area contributed by atoms with Crippen LogP contribution in [0.25, 0.3) is 11.4 Å². The van der Waals surface area contributed by atoms with Crippen molar-refractivity contribution in [3.05, 3.63) is 71.4 Å². The predicted molar refractivity (Wildman–Crippen MR) is 128 cm³/mol. The van der Waals surface area contributed by atoms with Gasteiger partial charge in [-0.2, -0.15) is 13.2 Å². The van der Waals surface area contributed by atoms with Gasteiger partial charge in [-0.05, 0) is 37.5 Å². The lowest BCUT2D eigenvalue weighted by molar-refractivity contribution is -0.137. The minimum absolute atomic E-state index is 0.113. The Labute approximate surface area is 201 Å². The van der Waals surface area contributed by atoms with Gasteiger partial charge in [0.1, 0.15) is 5.82 Å². The topological polar surface area (TPSA) is 61.4 Å². The van der Waals surface area contributed by atoms with E-state index in [0.29, 0.717) is 25.3 Å². The fourth-order valence-electron chi connectivity index (χ4n) is 4.63. The van der Waals surface area contributed by atoms with E-state index in [-0.39, 0.29) is 5.69 Å². The van der Waals surface area contributed by atoms with Crippen LogP contribution in [-0.2, 0) is 19.1 Å². The highest BCUT2D eigenvalue weighted by molar-refractivity contribution is 5.89. The highest BCUT2D eigenvalue weighted by Gasteiger charge is 2.31. The summed E-state index contributed by atoms with van der Waals surface area (Å²) in [6.07, 6.45) is -0.574. The van der Waals surface area contributed by atoms with Crippen molar-refractivity contribution in [2.45, 2.75) is 38.4 Å². The lowest BCUT2D eigenvalue weighted by Gasteiger charge is -2.34. The fraction of sp³-hybridized carbons (Fsp3) is 0.346. The van der Waals surface area contributed by atoms with Crippen LogP contribution in [-0.4, -0.2) is 40.5 Å². The molecule has 0 aliphatic carbocycles. The molecular formula is C26H26F3N5O. The first kappa shape index (κ1) is 23.1. The van der Waals surface area contributed by atoms with Crippen LogP contribution < -0.4 is 10.2 Å². The maximum Gasteiger partial charge on any atom is 0.416 e. The summed E-state index contributed by atoms with van der Waals surface area (Å²) in [5.41, 5.74) is 2.09. The first-order valence-electron chi connectivity index (χ1n) is 11.8. The molecule has 9 heteroatoms. The van der Waals surface area contributed by atoms with Crippen LogP contribution in [0.4, 0.5) is 29.5 Å². The molecule has 2 amide bonds. The number of halogens is 3. The summed E-state index contributed by atoms with van der Waals surface area (Å²) in [4.78, 5) is 26.6. The second kappa shape index (κ2) is 9.56. The lowest BCUT2D eigenvalue weighted by atomic mass is 10.0. The quantitative estimate of drug-likeness (QED) is 0.518. The average Bonchev–Trinajstić information content (AvgIpc) is 2.88. The van der Waals surface area contributed by atoms with Gasteiger partial charge >= 0.3 is 12.2 Å². The molecule has 0 saturated carbocycles. The van der Waals surface area contributed by atoms with Gasteiger partial charge in [-0.1, -0.05) is 36.4 Å². The SMILES string of the molecule is O=C(Nc1cccc(C(F)(F)F)c1)N1CCc2nc(-c3ccccc3)nc(N3CCCCC3)c2C1. The maximum absolute atomic E-state index is 13.1. The number of rotatable bonds is 3. The van der Waals surface area contributed by atoms with Crippen molar-refractivity contribution >= 4 is 17.5 Å². The van der Waals surface area contributed by atoms with Crippen molar-refractivity contribution in [1.82, 2.24) is 14.9 Å². The van der Waals surface area contributed by atoms with Crippen molar-refractivity contribution in [3.63, 3.8) is 0 Å². The number of hydrogen-bond donors (Lipinski definition) is 1. The third kappa shape index (κ3) is 5.08. The van der Waals surface area contributed by atoms with Crippen LogP contribution in [0.5, 0.6) is 0 Å². The molecule has 0 bridgehead atoms. The largest absolute Gasteiger partial charge is 0.416 e. The van der Waals surface area contributed by atoms with Gasteiger partial charge < -0.3 is 15.1 Å². The molecule has 2 aliphatic rings. The van der Waals surface area contributed by atoms with E-state index in [1.807, 2.05) is 30.3 Å². The van der Waals surface area contributed by atoms with Gasteiger partial charge in [-0.15, -0.1) is 0 Å². The molecular weight excluding hydrogens is 455 g/mol. The van der Waals surface area contributed by atoms with Crippen molar-refractivity contribution in [2.24, 2.45) is 0 Å². The second-order valence-corrected chi connectivity index (χ2v) is 8.89. The molecule has 1 aromatic heterocycles. The third-order valence-corrected chi connectivity index (χ3v) is 6.45. The summed E-state index contributed by atoms with van der Waals surface area (Å²) < 4.78 is 39.2. The summed E-state index contributed by atoms with van der Waals surface area (Å²) in [6.45, 7) is 2.52. The molecule has 35 heavy (non-hydrogen) atoms. The zero-order chi connectivity index (χ0) is 24.4. The number of carbonyl (C=O) groups excluding carboxylic acids is 1. The molecule has 1 N–H and O–H groups in total. The molecule has 3 heterocycles. The monoisotopic (exact) mass is 481 g/mol. The first-order chi connectivity index (χ1) is 16.9. The molecule has 1 saturated heterocycles. The molecule has 0 spiro atoms. The standard InChI is InChI=1S/C26H26F3N5O/c27-26(28,29)19-10-7-11-20(16-19)30-25(35)34-15-12-22-21(17-34)24(33-13-5-2-6-14-33)32-23(31-22)18-8-3-1-4-9-18/h1,3-4,7-11,16H,2,5-6,12-15,17H2,(H,30,35). The van der Waals surface area contributed by atoms with Crippen LogP contribution in [0.2, 0.25) is 0 Å². The van der Waals surface area contributed by atoms with E-state index in [2.05, 4.69) is 10.2 Å². The van der Waals surface area contributed by atoms with E-state index in [4.69, 9.17) is 9.97 Å². The normalized spacial score (nSPS) is 16.1. The fourth-order valence-corrected chi connectivity index (χ4v) is 4.63. The number of amides is 2. The average molecular weight is 482 g/mol. The molecule has 6 nitrogen and oxygen atoms in total. The number of carbonyl (C=O) groups is 1. The Bertz CT molecular complexity index is 1210. The van der Waals surface area contributed by atoms with E-state index in [0.717, 1.165) is 60.7 Å². The van der Waals surface area contributed by atoms with Gasteiger partial charge in [0, 0.05) is 42.9 Å². The predicted octanol–water partition coefficient (Wildman–Crippen LogP) is 5.74. The third-order valence-electron chi connectivity index (χ3n) is 6.45. The highest BCUT2D eigenvalue weighted by atomic mass is 19.4. The van der Waals surface area contributed by atoms with Crippen molar-refractivity contribution < 1.29 is 18.0 Å². The summed E-state index contributed by atoms with van der Waals surface area (Å²) in [5.74, 6) is 1.52. The number of alkyl halides is 3. The molecule has 182 valence electrons. The summed E-state index contributed by atoms with van der Waals surface area (Å²) in [7, 11) is 0. The Balaban J connectivity index is 1.42. The van der Waals surface area contributed by atoms with Crippen LogP contribution in [0, 0.1) is 0 Å². The maximum atomic E-state index is 13.1. The minimum atomic E-state index is -4.47. The van der Waals surface area contributed by atoms with Gasteiger partial charge in [0.2, 0.25) is 0 Å². The first-order valence-corrected chi connectivity index (χ1v) is 11.8. The molecule has 5 rings (SSSR count). The number of nitrogens with one attached hydrogen (secondary N) is 1. The molecule has 2 aromatic carbocycles. The Morgan fingerprint density at radius 2 is 1.69 bits per heavy atom. The lowest BCUT2D eigenvalue weighted by Crippen LogP contribution is -2.41. The Hall–Kier alpha value is -3.62. The summed E-state index contributed by atoms with van der Waals surface area (Å²) >= 11 is 0. The van der Waals surface area contributed by atoms with Crippen LogP contribution in [0.15, 0.2) is 54.6 Å². The van der Waals surface area contributed by atoms with Gasteiger partial charge in [0.15, 0.2) is 5.82 Å². The molecule has 1 fully saturated rings. The van der Waals surface area contributed by atoms with Crippen LogP contribution in [0.1, 0.15) is 36.1 Å². The zero-order valence-electron chi connectivity index (χ0n) is 19.2. The Kier molecular flexibility index (Phi) is 6.32.